The smallest absolute Gasteiger partial charge is 0.227 e. The average Bonchev–Trinajstić information content (AvgIpc) is 2.68. The molecule has 0 bridgehead atoms. The van der Waals surface area contributed by atoms with Crippen LogP contribution in [0.1, 0.15) is 5.69 Å². The van der Waals surface area contributed by atoms with Gasteiger partial charge in [-0.05, 0) is 20.0 Å². The summed E-state index contributed by atoms with van der Waals surface area (Å²) in [5.41, 5.74) is 0.965. The molecule has 2 fully saturated rings. The Hall–Kier alpha value is -2.19. The van der Waals surface area contributed by atoms with Crippen molar-refractivity contribution in [3.05, 3.63) is 34.9 Å². The van der Waals surface area contributed by atoms with Gasteiger partial charge >= 0.3 is 0 Å². The van der Waals surface area contributed by atoms with Crippen LogP contribution < -0.4 is 14.7 Å². The van der Waals surface area contributed by atoms with E-state index in [1.54, 1.807) is 0 Å². The Bertz CT molecular complexity index is 833. The van der Waals surface area contributed by atoms with Gasteiger partial charge in [0.25, 0.3) is 0 Å². The molecule has 0 radical (unpaired) electrons. The van der Waals surface area contributed by atoms with Crippen LogP contribution in [0.25, 0.3) is 0 Å². The molecule has 0 aromatic carbocycles. The molecule has 0 spiro atoms. The fourth-order valence-electron chi connectivity index (χ4n) is 3.63. The van der Waals surface area contributed by atoms with Gasteiger partial charge in [-0.1, -0.05) is 11.6 Å². The SMILES string of the molecule is Cc1cc(N2CCN(C)CC2)nc(N2CCN(c3ncc(Cl)cc3F)CC2)n1. The topological polar surface area (TPSA) is 51.6 Å². The van der Waals surface area contributed by atoms with Gasteiger partial charge in [0, 0.05) is 70.3 Å². The number of likely N-dealkylation sites (N-methyl/N-ethyl adjacent to an activating group) is 1. The van der Waals surface area contributed by atoms with Gasteiger partial charge in [0.1, 0.15) is 5.82 Å². The fourth-order valence-corrected chi connectivity index (χ4v) is 3.78. The maximum absolute atomic E-state index is 14.2. The Morgan fingerprint density at radius 2 is 1.54 bits per heavy atom. The maximum atomic E-state index is 14.2. The predicted molar refractivity (Wildman–Crippen MR) is 110 cm³/mol. The van der Waals surface area contributed by atoms with Crippen LogP contribution in [-0.2, 0) is 0 Å². The second-order valence-electron chi connectivity index (χ2n) is 7.39. The Morgan fingerprint density at radius 1 is 0.893 bits per heavy atom. The first-order chi connectivity index (χ1) is 13.5. The van der Waals surface area contributed by atoms with Crippen LogP contribution in [0, 0.1) is 12.7 Å². The summed E-state index contributed by atoms with van der Waals surface area (Å²) in [5.74, 6) is 1.71. The second kappa shape index (κ2) is 8.05. The molecule has 2 saturated heterocycles. The number of hydrogen-bond acceptors (Lipinski definition) is 7. The summed E-state index contributed by atoms with van der Waals surface area (Å²) in [5, 5.41) is 0.310. The number of piperazine rings is 2. The molecule has 2 aromatic heterocycles. The molecule has 7 nitrogen and oxygen atoms in total. The summed E-state index contributed by atoms with van der Waals surface area (Å²) in [6.07, 6.45) is 1.48. The number of anilines is 3. The fraction of sp³-hybridized carbons (Fsp3) is 0.526. The molecule has 4 heterocycles. The van der Waals surface area contributed by atoms with Gasteiger partial charge in [-0.2, -0.15) is 4.98 Å². The van der Waals surface area contributed by atoms with Gasteiger partial charge in [0.05, 0.1) is 5.02 Å². The lowest BCUT2D eigenvalue weighted by atomic mass is 10.3. The van der Waals surface area contributed by atoms with E-state index in [0.717, 1.165) is 56.7 Å². The number of pyridine rings is 1. The van der Waals surface area contributed by atoms with E-state index in [0.29, 0.717) is 23.9 Å². The van der Waals surface area contributed by atoms with Crippen LogP contribution in [0.15, 0.2) is 18.3 Å². The molecule has 2 aromatic rings. The Labute approximate surface area is 169 Å². The quantitative estimate of drug-likeness (QED) is 0.774. The number of hydrogen-bond donors (Lipinski definition) is 0. The van der Waals surface area contributed by atoms with Crippen molar-refractivity contribution >= 4 is 29.2 Å². The zero-order valence-electron chi connectivity index (χ0n) is 16.3. The summed E-state index contributed by atoms with van der Waals surface area (Å²) in [6.45, 7) is 8.79. The minimum absolute atomic E-state index is 0.310. The number of aromatic nitrogens is 3. The summed E-state index contributed by atoms with van der Waals surface area (Å²) in [4.78, 5) is 22.4. The molecule has 0 N–H and O–H groups in total. The van der Waals surface area contributed by atoms with Gasteiger partial charge in [-0.15, -0.1) is 0 Å². The van der Waals surface area contributed by atoms with E-state index in [2.05, 4.69) is 37.8 Å². The molecule has 0 unspecified atom stereocenters. The van der Waals surface area contributed by atoms with Crippen molar-refractivity contribution in [2.24, 2.45) is 0 Å². The molecule has 0 aliphatic carbocycles. The van der Waals surface area contributed by atoms with Crippen LogP contribution in [0.5, 0.6) is 0 Å². The van der Waals surface area contributed by atoms with Gasteiger partial charge < -0.3 is 19.6 Å². The van der Waals surface area contributed by atoms with Crippen LogP contribution in [-0.4, -0.2) is 79.3 Å². The molecule has 0 amide bonds. The maximum Gasteiger partial charge on any atom is 0.227 e. The van der Waals surface area contributed by atoms with Crippen molar-refractivity contribution in [1.82, 2.24) is 19.9 Å². The van der Waals surface area contributed by atoms with E-state index < -0.39 is 0 Å². The molecular formula is C19H25ClFN7. The van der Waals surface area contributed by atoms with E-state index in [4.69, 9.17) is 16.6 Å². The standard InChI is InChI=1S/C19H25ClFN7/c1-14-11-17(26-5-3-25(2)4-6-26)24-19(23-14)28-9-7-27(8-10-28)18-16(21)12-15(20)13-22-18/h11-13H,3-10H2,1-2H3. The lowest BCUT2D eigenvalue weighted by molar-refractivity contribution is 0.312. The molecule has 28 heavy (non-hydrogen) atoms. The third kappa shape index (κ3) is 4.12. The van der Waals surface area contributed by atoms with Gasteiger partial charge in [0.15, 0.2) is 11.6 Å². The molecule has 2 aliphatic heterocycles. The summed E-state index contributed by atoms with van der Waals surface area (Å²) in [6, 6.07) is 3.36. The molecule has 0 saturated carbocycles. The van der Waals surface area contributed by atoms with E-state index in [-0.39, 0.29) is 5.82 Å². The minimum Gasteiger partial charge on any atom is -0.354 e. The number of aryl methyl sites for hydroxylation is 1. The van der Waals surface area contributed by atoms with Crippen LogP contribution in [0.2, 0.25) is 5.02 Å². The minimum atomic E-state index is -0.384. The van der Waals surface area contributed by atoms with Gasteiger partial charge in [0.2, 0.25) is 5.95 Å². The monoisotopic (exact) mass is 405 g/mol. The van der Waals surface area contributed by atoms with Crippen molar-refractivity contribution < 1.29 is 4.39 Å². The van der Waals surface area contributed by atoms with Gasteiger partial charge in [-0.25, -0.2) is 14.4 Å². The van der Waals surface area contributed by atoms with Crippen molar-refractivity contribution in [2.75, 3.05) is 74.1 Å². The predicted octanol–water partition coefficient (Wildman–Crippen LogP) is 2.05. The molecule has 4 rings (SSSR count). The highest BCUT2D eigenvalue weighted by molar-refractivity contribution is 6.30. The number of halogens is 2. The van der Waals surface area contributed by atoms with E-state index >= 15 is 0 Å². The van der Waals surface area contributed by atoms with E-state index in [9.17, 15) is 4.39 Å². The van der Waals surface area contributed by atoms with E-state index in [1.165, 1.54) is 12.3 Å². The van der Waals surface area contributed by atoms with Crippen molar-refractivity contribution in [1.29, 1.82) is 0 Å². The van der Waals surface area contributed by atoms with E-state index in [1.807, 2.05) is 11.8 Å². The van der Waals surface area contributed by atoms with Crippen LogP contribution in [0.3, 0.4) is 0 Å². The largest absolute Gasteiger partial charge is 0.354 e. The molecular weight excluding hydrogens is 381 g/mol. The third-order valence-corrected chi connectivity index (χ3v) is 5.51. The van der Waals surface area contributed by atoms with Gasteiger partial charge in [-0.3, -0.25) is 0 Å². The first-order valence-electron chi connectivity index (χ1n) is 9.60. The number of rotatable bonds is 3. The lowest BCUT2D eigenvalue weighted by Crippen LogP contribution is -2.48. The normalized spacial score (nSPS) is 18.6. The first-order valence-corrected chi connectivity index (χ1v) is 9.97. The highest BCUT2D eigenvalue weighted by Crippen LogP contribution is 2.23. The third-order valence-electron chi connectivity index (χ3n) is 5.31. The lowest BCUT2D eigenvalue weighted by Gasteiger charge is -2.36. The van der Waals surface area contributed by atoms with Crippen molar-refractivity contribution in [2.45, 2.75) is 6.92 Å². The summed E-state index contributed by atoms with van der Waals surface area (Å²) >= 11 is 5.81. The second-order valence-corrected chi connectivity index (χ2v) is 7.83. The summed E-state index contributed by atoms with van der Waals surface area (Å²) < 4.78 is 14.2. The van der Waals surface area contributed by atoms with Crippen LogP contribution >= 0.6 is 11.6 Å². The zero-order chi connectivity index (χ0) is 19.7. The van der Waals surface area contributed by atoms with Crippen molar-refractivity contribution in [3.8, 4) is 0 Å². The van der Waals surface area contributed by atoms with Crippen LogP contribution in [0.4, 0.5) is 22.0 Å². The molecule has 150 valence electrons. The highest BCUT2D eigenvalue weighted by atomic mass is 35.5. The Kier molecular flexibility index (Phi) is 5.50. The Morgan fingerprint density at radius 3 is 2.21 bits per heavy atom. The zero-order valence-corrected chi connectivity index (χ0v) is 17.0. The summed E-state index contributed by atoms with van der Waals surface area (Å²) in [7, 11) is 2.14. The molecule has 0 atom stereocenters. The molecule has 9 heteroatoms. The Balaban J connectivity index is 1.45. The number of nitrogens with zero attached hydrogens (tertiary/aromatic N) is 7. The average molecular weight is 406 g/mol. The molecule has 2 aliphatic rings. The van der Waals surface area contributed by atoms with Crippen molar-refractivity contribution in [3.63, 3.8) is 0 Å². The first kappa shape index (κ1) is 19.1. The highest BCUT2D eigenvalue weighted by Gasteiger charge is 2.24.